The third-order valence-electron chi connectivity index (χ3n) is 5.51. The number of rotatable bonds is 7. The Kier molecular flexibility index (Phi) is 6.76. The zero-order valence-corrected chi connectivity index (χ0v) is 20.0. The molecule has 0 fully saturated rings. The maximum absolute atomic E-state index is 13.0. The van der Waals surface area contributed by atoms with Gasteiger partial charge in [-0.05, 0) is 68.8 Å². The first-order valence-electron chi connectivity index (χ1n) is 10.2. The molecule has 0 aliphatic rings. The number of hydrogen-bond donors (Lipinski definition) is 1. The topological polar surface area (TPSA) is 80.6 Å². The Bertz CT molecular complexity index is 1210. The fraction of sp³-hybridized carbons (Fsp3) is 0.292. The van der Waals surface area contributed by atoms with Crippen LogP contribution in [0.1, 0.15) is 40.3 Å². The predicted molar refractivity (Wildman–Crippen MR) is 125 cm³/mol. The van der Waals surface area contributed by atoms with Gasteiger partial charge in [-0.2, -0.15) is 0 Å². The quantitative estimate of drug-likeness (QED) is 0.587. The van der Waals surface area contributed by atoms with Crippen LogP contribution in [0.5, 0.6) is 5.75 Å². The molecule has 1 atom stereocenters. The van der Waals surface area contributed by atoms with Gasteiger partial charge in [0.2, 0.25) is 10.0 Å². The Hall–Kier alpha value is -3.10. The van der Waals surface area contributed by atoms with Gasteiger partial charge < -0.3 is 14.6 Å². The van der Waals surface area contributed by atoms with Crippen LogP contribution >= 0.6 is 0 Å². The largest absolute Gasteiger partial charge is 0.497 e. The lowest BCUT2D eigenvalue weighted by Crippen LogP contribution is -2.27. The fourth-order valence-corrected chi connectivity index (χ4v) is 4.52. The van der Waals surface area contributed by atoms with E-state index in [1.54, 1.807) is 31.4 Å². The van der Waals surface area contributed by atoms with E-state index >= 15 is 0 Å². The summed E-state index contributed by atoms with van der Waals surface area (Å²) in [5.74, 6) is 0.586. The molecule has 3 aromatic rings. The van der Waals surface area contributed by atoms with E-state index in [-0.39, 0.29) is 16.8 Å². The monoisotopic (exact) mass is 455 g/mol. The summed E-state index contributed by atoms with van der Waals surface area (Å²) in [6, 6.07) is 15.8. The Morgan fingerprint density at radius 2 is 1.62 bits per heavy atom. The molecule has 0 saturated heterocycles. The van der Waals surface area contributed by atoms with Crippen LogP contribution in [0.4, 0.5) is 0 Å². The molecule has 1 heterocycles. The minimum Gasteiger partial charge on any atom is -0.497 e. The summed E-state index contributed by atoms with van der Waals surface area (Å²) in [5.41, 5.74) is 4.15. The first kappa shape index (κ1) is 23.6. The first-order valence-corrected chi connectivity index (χ1v) is 11.7. The highest BCUT2D eigenvalue weighted by molar-refractivity contribution is 7.89. The summed E-state index contributed by atoms with van der Waals surface area (Å²) in [5, 5.41) is 3.01. The van der Waals surface area contributed by atoms with E-state index in [0.717, 1.165) is 28.4 Å². The number of aromatic nitrogens is 1. The van der Waals surface area contributed by atoms with E-state index in [0.29, 0.717) is 5.56 Å². The number of amides is 1. The number of benzene rings is 2. The number of nitrogens with zero attached hydrogens (tertiary/aromatic N) is 2. The summed E-state index contributed by atoms with van der Waals surface area (Å²) < 4.78 is 32.9. The molecule has 1 amide bonds. The smallest absolute Gasteiger partial charge is 0.253 e. The Balaban J connectivity index is 1.80. The summed E-state index contributed by atoms with van der Waals surface area (Å²) in [7, 11) is 1.13. The third kappa shape index (κ3) is 4.56. The highest BCUT2D eigenvalue weighted by Crippen LogP contribution is 2.24. The first-order chi connectivity index (χ1) is 15.1. The summed E-state index contributed by atoms with van der Waals surface area (Å²) in [4.78, 5) is 13.2. The van der Waals surface area contributed by atoms with Crippen LogP contribution in [-0.4, -0.2) is 44.4 Å². The average molecular weight is 456 g/mol. The van der Waals surface area contributed by atoms with Gasteiger partial charge >= 0.3 is 0 Å². The van der Waals surface area contributed by atoms with Gasteiger partial charge in [0.05, 0.1) is 23.6 Å². The van der Waals surface area contributed by atoms with E-state index in [1.807, 2.05) is 55.7 Å². The summed E-state index contributed by atoms with van der Waals surface area (Å²) in [6.45, 7) is 5.75. The second-order valence-electron chi connectivity index (χ2n) is 7.87. The van der Waals surface area contributed by atoms with Gasteiger partial charge in [0.25, 0.3) is 5.91 Å². The molecular formula is C24H29N3O4S. The van der Waals surface area contributed by atoms with E-state index in [2.05, 4.69) is 5.32 Å². The molecule has 0 radical (unpaired) electrons. The van der Waals surface area contributed by atoms with Gasteiger partial charge in [-0.1, -0.05) is 12.1 Å². The van der Waals surface area contributed by atoms with Crippen molar-refractivity contribution in [1.29, 1.82) is 0 Å². The number of nitrogens with one attached hydrogen (secondary N) is 1. The van der Waals surface area contributed by atoms with Crippen LogP contribution in [0.15, 0.2) is 59.5 Å². The Labute approximate surface area is 189 Å². The molecule has 3 rings (SSSR count). The third-order valence-corrected chi connectivity index (χ3v) is 7.34. The highest BCUT2D eigenvalue weighted by Gasteiger charge is 2.20. The zero-order valence-electron chi connectivity index (χ0n) is 19.2. The van der Waals surface area contributed by atoms with Crippen molar-refractivity contribution in [3.05, 3.63) is 77.1 Å². The average Bonchev–Trinajstić information content (AvgIpc) is 3.07. The molecule has 1 aromatic heterocycles. The molecule has 0 aliphatic heterocycles. The lowest BCUT2D eigenvalue weighted by atomic mass is 10.1. The molecule has 1 unspecified atom stereocenters. The van der Waals surface area contributed by atoms with Crippen molar-refractivity contribution in [3.63, 3.8) is 0 Å². The van der Waals surface area contributed by atoms with Crippen LogP contribution < -0.4 is 10.1 Å². The highest BCUT2D eigenvalue weighted by atomic mass is 32.2. The standard InChI is InChI=1S/C24H29N3O4S/c1-16-15-23(18(3)27(16)20-9-11-21(31-6)12-10-20)24(28)25-17(2)19-7-13-22(14-8-19)32(29,30)26(4)5/h7-15,17H,1-6H3,(H,25,28). The number of methoxy groups -OCH3 is 1. The van der Waals surface area contributed by atoms with Crippen LogP contribution in [0.2, 0.25) is 0 Å². The fourth-order valence-electron chi connectivity index (χ4n) is 3.62. The van der Waals surface area contributed by atoms with Crippen LogP contribution in [0.3, 0.4) is 0 Å². The van der Waals surface area contributed by atoms with Crippen molar-refractivity contribution in [3.8, 4) is 11.4 Å². The molecule has 0 bridgehead atoms. The molecule has 32 heavy (non-hydrogen) atoms. The molecule has 7 nitrogen and oxygen atoms in total. The minimum atomic E-state index is -3.49. The van der Waals surface area contributed by atoms with Crippen molar-refractivity contribution < 1.29 is 17.9 Å². The molecule has 0 saturated carbocycles. The second kappa shape index (κ2) is 9.18. The van der Waals surface area contributed by atoms with Crippen LogP contribution in [-0.2, 0) is 10.0 Å². The maximum atomic E-state index is 13.0. The predicted octanol–water partition coefficient (Wildman–Crippen LogP) is 3.84. The number of ether oxygens (including phenoxy) is 1. The zero-order chi connectivity index (χ0) is 23.6. The van der Waals surface area contributed by atoms with Crippen molar-refractivity contribution in [2.24, 2.45) is 0 Å². The van der Waals surface area contributed by atoms with Crippen molar-refractivity contribution >= 4 is 15.9 Å². The van der Waals surface area contributed by atoms with Gasteiger partial charge in [-0.3, -0.25) is 4.79 Å². The van der Waals surface area contributed by atoms with Gasteiger partial charge in [-0.15, -0.1) is 0 Å². The lowest BCUT2D eigenvalue weighted by molar-refractivity contribution is 0.0939. The maximum Gasteiger partial charge on any atom is 0.253 e. The number of aryl methyl sites for hydroxylation is 1. The Morgan fingerprint density at radius 1 is 1.03 bits per heavy atom. The summed E-state index contributed by atoms with van der Waals surface area (Å²) in [6.07, 6.45) is 0. The minimum absolute atomic E-state index is 0.185. The van der Waals surface area contributed by atoms with Gasteiger partial charge in [0, 0.05) is 31.2 Å². The van der Waals surface area contributed by atoms with Gasteiger partial charge in [0.1, 0.15) is 5.75 Å². The van der Waals surface area contributed by atoms with E-state index in [9.17, 15) is 13.2 Å². The SMILES string of the molecule is COc1ccc(-n2c(C)cc(C(=O)NC(C)c3ccc(S(=O)(=O)N(C)C)cc3)c2C)cc1. The molecule has 1 N–H and O–H groups in total. The molecule has 2 aromatic carbocycles. The van der Waals surface area contributed by atoms with Crippen LogP contribution in [0, 0.1) is 13.8 Å². The van der Waals surface area contributed by atoms with Crippen molar-refractivity contribution in [1.82, 2.24) is 14.2 Å². The van der Waals surface area contributed by atoms with Crippen molar-refractivity contribution in [2.45, 2.75) is 31.7 Å². The molecule has 8 heteroatoms. The Morgan fingerprint density at radius 3 is 2.16 bits per heavy atom. The molecule has 0 aliphatic carbocycles. The number of sulfonamides is 1. The normalized spacial score (nSPS) is 12.6. The number of carbonyl (C=O) groups is 1. The lowest BCUT2D eigenvalue weighted by Gasteiger charge is -2.16. The van der Waals surface area contributed by atoms with E-state index in [1.165, 1.54) is 18.4 Å². The van der Waals surface area contributed by atoms with Gasteiger partial charge in [0.15, 0.2) is 0 Å². The number of hydrogen-bond acceptors (Lipinski definition) is 4. The van der Waals surface area contributed by atoms with Crippen molar-refractivity contribution in [2.75, 3.05) is 21.2 Å². The van der Waals surface area contributed by atoms with Crippen LogP contribution in [0.25, 0.3) is 5.69 Å². The second-order valence-corrected chi connectivity index (χ2v) is 10.0. The molecule has 0 spiro atoms. The molecular weight excluding hydrogens is 426 g/mol. The van der Waals surface area contributed by atoms with E-state index in [4.69, 9.17) is 4.74 Å². The van der Waals surface area contributed by atoms with Gasteiger partial charge in [-0.25, -0.2) is 12.7 Å². The van der Waals surface area contributed by atoms with E-state index < -0.39 is 10.0 Å². The summed E-state index contributed by atoms with van der Waals surface area (Å²) >= 11 is 0. The number of carbonyl (C=O) groups excluding carboxylic acids is 1. The molecule has 170 valence electrons.